The molecule has 0 bridgehead atoms. The Morgan fingerprint density at radius 3 is 2.11 bits per heavy atom. The van der Waals surface area contributed by atoms with Crippen molar-refractivity contribution in [3.8, 4) is 0 Å². The Bertz CT molecular complexity index is 787. The number of carbonyl (C=O) groups excluding carboxylic acids is 1. The summed E-state index contributed by atoms with van der Waals surface area (Å²) in [6.07, 6.45) is 0.556. The maximum Gasteiger partial charge on any atom is 1.00 e. The maximum atomic E-state index is 12.4. The van der Waals surface area contributed by atoms with E-state index in [0.717, 1.165) is 5.69 Å². The summed E-state index contributed by atoms with van der Waals surface area (Å²) in [5.74, 6) is -1.37. The van der Waals surface area contributed by atoms with Crippen LogP contribution in [0.25, 0.3) is 0 Å². The summed E-state index contributed by atoms with van der Waals surface area (Å²) >= 11 is 0. The van der Waals surface area contributed by atoms with E-state index >= 15 is 0 Å². The van der Waals surface area contributed by atoms with Crippen LogP contribution in [0.5, 0.6) is 0 Å². The van der Waals surface area contributed by atoms with Gasteiger partial charge in [0.05, 0.1) is 37.0 Å². The van der Waals surface area contributed by atoms with Gasteiger partial charge in [-0.05, 0) is 18.6 Å². The fourth-order valence-electron chi connectivity index (χ4n) is 2.78. The van der Waals surface area contributed by atoms with Crippen molar-refractivity contribution in [2.24, 2.45) is 5.73 Å². The van der Waals surface area contributed by atoms with Gasteiger partial charge in [0.2, 0.25) is 5.78 Å². The second-order valence-electron chi connectivity index (χ2n) is 6.51. The van der Waals surface area contributed by atoms with Gasteiger partial charge in [0, 0.05) is 17.8 Å². The molecule has 0 saturated carbocycles. The summed E-state index contributed by atoms with van der Waals surface area (Å²) in [6, 6.07) is 12.5. The smallest absolute Gasteiger partial charge is 1.00 e. The van der Waals surface area contributed by atoms with Crippen LogP contribution in [-0.2, 0) is 11.3 Å². The van der Waals surface area contributed by atoms with Crippen LogP contribution in [0.15, 0.2) is 42.5 Å². The van der Waals surface area contributed by atoms with Gasteiger partial charge in [-0.1, -0.05) is 30.3 Å². The average Bonchev–Trinajstić information content (AvgIpc) is 3.30. The number of ketones is 1. The molecule has 1 unspecified atom stereocenters. The number of aromatic nitrogens is 1. The Labute approximate surface area is 186 Å². The second kappa shape index (κ2) is 10.9. The van der Waals surface area contributed by atoms with Gasteiger partial charge in [-0.3, -0.25) is 9.59 Å². The number of carboxylic acid groups (broad SMARTS) is 1. The molecule has 0 fully saturated rings. The van der Waals surface area contributed by atoms with E-state index in [1.807, 2.05) is 22.8 Å². The van der Waals surface area contributed by atoms with Gasteiger partial charge in [-0.2, -0.15) is 0 Å². The Balaban J connectivity index is 0.000000681. The van der Waals surface area contributed by atoms with E-state index in [2.05, 4.69) is 0 Å². The monoisotopic (exact) mass is 400 g/mol. The van der Waals surface area contributed by atoms with E-state index in [-0.39, 0.29) is 36.8 Å². The van der Waals surface area contributed by atoms with Crippen molar-refractivity contribution in [3.63, 3.8) is 0 Å². The topological polar surface area (TPSA) is 146 Å². The zero-order valence-corrected chi connectivity index (χ0v) is 17.8. The third kappa shape index (κ3) is 5.51. The first kappa shape index (κ1) is 24.5. The molecule has 1 aliphatic rings. The average molecular weight is 400 g/mol. The molecule has 2 heterocycles. The molecule has 3 rings (SSSR count). The molecule has 0 amide bonds. The first-order valence-corrected chi connectivity index (χ1v) is 8.50. The number of aliphatic hydroxyl groups excluding tert-OH is 3. The van der Waals surface area contributed by atoms with Crippen LogP contribution >= 0.6 is 0 Å². The number of hydrogen-bond acceptors (Lipinski definition) is 6. The molecule has 1 aliphatic heterocycles. The number of fused-ring (bicyclic) bond motifs is 1. The maximum absolute atomic E-state index is 12.4. The molecule has 2 aromatic rings. The van der Waals surface area contributed by atoms with Gasteiger partial charge < -0.3 is 32.2 Å². The Morgan fingerprint density at radius 1 is 1.07 bits per heavy atom. The number of hydrogen-bond donors (Lipinski definition) is 5. The van der Waals surface area contributed by atoms with Gasteiger partial charge in [-0.25, -0.2) is 0 Å². The molecule has 0 spiro atoms. The predicted octanol–water partition coefficient (Wildman–Crippen LogP) is -2.93. The molecule has 9 heteroatoms. The standard InChI is InChI=1S/C15H13NO3.C4H11NO3.Na.H/c17-14(10-4-2-1-3-5-10)13-7-6-12-11(15(18)19)8-9-16(12)13;5-4(1-6,2-7)3-8;;/h1-7,11H,8-9H2,(H,18,19);6-8H,1-3,5H2;;/q;;+1;-1. The van der Waals surface area contributed by atoms with Crippen LogP contribution in [0.4, 0.5) is 0 Å². The van der Waals surface area contributed by atoms with Crippen LogP contribution in [0, 0.1) is 0 Å². The van der Waals surface area contributed by atoms with E-state index in [1.165, 1.54) is 0 Å². The number of nitrogens with zero attached hydrogens (tertiary/aromatic N) is 1. The number of carboxylic acids is 1. The van der Waals surface area contributed by atoms with Crippen LogP contribution in [0.3, 0.4) is 0 Å². The SMILES string of the molecule is NC(CO)(CO)CO.O=C(c1ccccc1)c1ccc2n1CCC2C(=O)O.[H-].[Na+]. The summed E-state index contributed by atoms with van der Waals surface area (Å²) in [5, 5.41) is 34.1. The zero-order valence-electron chi connectivity index (χ0n) is 16.8. The van der Waals surface area contributed by atoms with Crippen molar-refractivity contribution in [1.82, 2.24) is 4.57 Å². The summed E-state index contributed by atoms with van der Waals surface area (Å²) in [7, 11) is 0. The van der Waals surface area contributed by atoms with Gasteiger partial charge in [0.25, 0.3) is 0 Å². The molecule has 0 radical (unpaired) electrons. The molecule has 28 heavy (non-hydrogen) atoms. The van der Waals surface area contributed by atoms with E-state index in [4.69, 9.17) is 26.2 Å². The molecular formula is C19H25N2NaO6. The normalized spacial score (nSPS) is 15.1. The van der Waals surface area contributed by atoms with Crippen molar-refractivity contribution in [2.45, 2.75) is 24.4 Å². The van der Waals surface area contributed by atoms with E-state index in [0.29, 0.717) is 24.2 Å². The van der Waals surface area contributed by atoms with Crippen LogP contribution in [0.1, 0.15) is 35.5 Å². The minimum absolute atomic E-state index is 0. The fraction of sp³-hybridized carbons (Fsp3) is 0.368. The quantitative estimate of drug-likeness (QED) is 0.258. The van der Waals surface area contributed by atoms with Crippen molar-refractivity contribution in [2.75, 3.05) is 19.8 Å². The Hall–Kier alpha value is -1.52. The number of nitrogens with two attached hydrogens (primary N) is 1. The van der Waals surface area contributed by atoms with Crippen LogP contribution < -0.4 is 35.3 Å². The number of benzene rings is 1. The third-order valence-corrected chi connectivity index (χ3v) is 4.52. The summed E-state index contributed by atoms with van der Waals surface area (Å²) in [5.41, 5.74) is 5.87. The van der Waals surface area contributed by atoms with Gasteiger partial charge in [0.1, 0.15) is 0 Å². The molecule has 8 nitrogen and oxygen atoms in total. The Kier molecular flexibility index (Phi) is 9.52. The van der Waals surface area contributed by atoms with Crippen molar-refractivity contribution in [3.05, 3.63) is 59.4 Å². The van der Waals surface area contributed by atoms with Crippen molar-refractivity contribution >= 4 is 11.8 Å². The predicted molar refractivity (Wildman–Crippen MR) is 98.6 cm³/mol. The fourth-order valence-corrected chi connectivity index (χ4v) is 2.78. The number of rotatable bonds is 6. The third-order valence-electron chi connectivity index (χ3n) is 4.52. The van der Waals surface area contributed by atoms with Gasteiger partial charge in [-0.15, -0.1) is 0 Å². The Morgan fingerprint density at radius 2 is 1.64 bits per heavy atom. The van der Waals surface area contributed by atoms with E-state index < -0.39 is 37.2 Å². The number of aliphatic carboxylic acids is 1. The second-order valence-corrected chi connectivity index (χ2v) is 6.51. The molecule has 1 atom stereocenters. The molecular weight excluding hydrogens is 375 g/mol. The number of aliphatic hydroxyl groups is 3. The van der Waals surface area contributed by atoms with Crippen molar-refractivity contribution in [1.29, 1.82) is 0 Å². The zero-order chi connectivity index (χ0) is 20.0. The van der Waals surface area contributed by atoms with Gasteiger partial charge >= 0.3 is 35.5 Å². The van der Waals surface area contributed by atoms with Crippen molar-refractivity contribution < 1.29 is 61.0 Å². The van der Waals surface area contributed by atoms with Crippen LogP contribution in [0.2, 0.25) is 0 Å². The van der Waals surface area contributed by atoms with E-state index in [1.54, 1.807) is 24.3 Å². The molecule has 1 aromatic carbocycles. The molecule has 0 aliphatic carbocycles. The summed E-state index contributed by atoms with van der Waals surface area (Å²) in [4.78, 5) is 23.5. The van der Waals surface area contributed by atoms with Gasteiger partial charge in [0.15, 0.2) is 0 Å². The minimum atomic E-state index is -1.21. The summed E-state index contributed by atoms with van der Waals surface area (Å²) < 4.78 is 1.83. The largest absolute Gasteiger partial charge is 1.00 e. The molecule has 6 N–H and O–H groups in total. The summed E-state index contributed by atoms with van der Waals surface area (Å²) in [6.45, 7) is -0.618. The minimum Gasteiger partial charge on any atom is -1.00 e. The van der Waals surface area contributed by atoms with E-state index in [9.17, 15) is 9.59 Å². The molecule has 148 valence electrons. The first-order valence-electron chi connectivity index (χ1n) is 8.50. The number of carbonyl (C=O) groups is 2. The first-order chi connectivity index (χ1) is 12.9. The molecule has 0 saturated heterocycles. The van der Waals surface area contributed by atoms with Crippen LogP contribution in [-0.4, -0.2) is 62.1 Å². The molecule has 1 aromatic heterocycles.